The Kier molecular flexibility index (Phi) is 6.93. The van der Waals surface area contributed by atoms with Crippen molar-refractivity contribution in [1.29, 1.82) is 0 Å². The third-order valence-electron chi connectivity index (χ3n) is 4.94. The van der Waals surface area contributed by atoms with Crippen molar-refractivity contribution in [3.8, 4) is 5.75 Å². The summed E-state index contributed by atoms with van der Waals surface area (Å²) in [5.74, 6) is 0.777. The predicted octanol–water partition coefficient (Wildman–Crippen LogP) is 1.84. The van der Waals surface area contributed by atoms with Crippen LogP contribution in [0.4, 0.5) is 0 Å². The quantitative estimate of drug-likeness (QED) is 0.582. The van der Waals surface area contributed by atoms with Crippen molar-refractivity contribution in [2.24, 2.45) is 0 Å². The second-order valence-corrected chi connectivity index (χ2v) is 7.23. The summed E-state index contributed by atoms with van der Waals surface area (Å²) in [7, 11) is 0. The van der Waals surface area contributed by atoms with Gasteiger partial charge >= 0.3 is 0 Å². The van der Waals surface area contributed by atoms with Gasteiger partial charge in [-0.2, -0.15) is 0 Å². The Hall–Kier alpha value is -1.67. The highest BCUT2D eigenvalue weighted by atomic mass is 35.5. The van der Waals surface area contributed by atoms with E-state index >= 15 is 0 Å². The lowest BCUT2D eigenvalue weighted by molar-refractivity contribution is -0.231. The molecule has 5 atom stereocenters. The van der Waals surface area contributed by atoms with E-state index in [0.29, 0.717) is 23.6 Å². The third-order valence-corrected chi connectivity index (χ3v) is 5.31. The lowest BCUT2D eigenvalue weighted by Crippen LogP contribution is -2.55. The van der Waals surface area contributed by atoms with E-state index in [1.807, 2.05) is 31.2 Å². The fourth-order valence-corrected chi connectivity index (χ4v) is 3.62. The zero-order valence-corrected chi connectivity index (χ0v) is 16.3. The minimum absolute atomic E-state index is 0.469. The van der Waals surface area contributed by atoms with E-state index in [2.05, 4.69) is 0 Å². The maximum absolute atomic E-state index is 10.4. The smallest absolute Gasteiger partial charge is 0.122 e. The molecule has 1 aliphatic rings. The summed E-state index contributed by atoms with van der Waals surface area (Å²) in [5.41, 5.74) is 2.38. The first kappa shape index (κ1) is 21.0. The van der Waals surface area contributed by atoms with Crippen LogP contribution in [0.3, 0.4) is 0 Å². The molecule has 2 aromatic rings. The molecule has 1 heterocycles. The van der Waals surface area contributed by atoms with Gasteiger partial charge in [-0.1, -0.05) is 41.9 Å². The molecule has 3 rings (SSSR count). The summed E-state index contributed by atoms with van der Waals surface area (Å²) in [6, 6.07) is 12.9. The minimum atomic E-state index is -1.42. The zero-order chi connectivity index (χ0) is 20.3. The molecule has 7 heteroatoms. The first-order valence-electron chi connectivity index (χ1n) is 9.25. The van der Waals surface area contributed by atoms with Crippen molar-refractivity contribution in [3.63, 3.8) is 0 Å². The Morgan fingerprint density at radius 1 is 1.00 bits per heavy atom. The molecular formula is C21H25ClO6. The maximum Gasteiger partial charge on any atom is 0.122 e. The minimum Gasteiger partial charge on any atom is -0.494 e. The van der Waals surface area contributed by atoms with Crippen LogP contribution in [-0.4, -0.2) is 58.1 Å². The molecule has 2 aromatic carbocycles. The molecule has 0 radical (unpaired) electrons. The number of ether oxygens (including phenoxy) is 2. The molecule has 28 heavy (non-hydrogen) atoms. The number of halogens is 1. The van der Waals surface area contributed by atoms with Crippen LogP contribution in [0, 0.1) is 0 Å². The molecule has 0 saturated carbocycles. The van der Waals surface area contributed by atoms with Gasteiger partial charge in [-0.25, -0.2) is 0 Å². The molecule has 0 bridgehead atoms. The molecule has 0 spiro atoms. The highest BCUT2D eigenvalue weighted by Gasteiger charge is 2.44. The number of hydrogen-bond acceptors (Lipinski definition) is 6. The summed E-state index contributed by atoms with van der Waals surface area (Å²) < 4.78 is 11.3. The Bertz CT molecular complexity index is 796. The monoisotopic (exact) mass is 408 g/mol. The van der Waals surface area contributed by atoms with Gasteiger partial charge < -0.3 is 29.9 Å². The van der Waals surface area contributed by atoms with Crippen molar-refractivity contribution in [2.45, 2.75) is 43.9 Å². The molecule has 6 nitrogen and oxygen atoms in total. The van der Waals surface area contributed by atoms with E-state index in [-0.39, 0.29) is 0 Å². The predicted molar refractivity (Wildman–Crippen MR) is 105 cm³/mol. The van der Waals surface area contributed by atoms with Crippen molar-refractivity contribution in [2.75, 3.05) is 13.2 Å². The van der Waals surface area contributed by atoms with Gasteiger partial charge in [0.25, 0.3) is 0 Å². The molecule has 4 N–H and O–H groups in total. The van der Waals surface area contributed by atoms with Crippen LogP contribution in [0.5, 0.6) is 5.75 Å². The highest BCUT2D eigenvalue weighted by molar-refractivity contribution is 6.31. The number of aliphatic hydroxyl groups is 4. The second kappa shape index (κ2) is 9.22. The summed E-state index contributed by atoms with van der Waals surface area (Å²) >= 11 is 6.39. The van der Waals surface area contributed by atoms with Crippen molar-refractivity contribution in [1.82, 2.24) is 0 Å². The summed E-state index contributed by atoms with van der Waals surface area (Å²) in [6.07, 6.45) is -5.48. The highest BCUT2D eigenvalue weighted by Crippen LogP contribution is 2.35. The Morgan fingerprint density at radius 3 is 2.46 bits per heavy atom. The number of para-hydroxylation sites is 1. The fourth-order valence-electron chi connectivity index (χ4n) is 3.44. The first-order chi connectivity index (χ1) is 13.5. The SMILES string of the molecule is CCOc1ccccc1Cc1cc(C2O[C@H](CO)[C@@H](O)[C@H](O)[C@H]2O)ccc1Cl. The van der Waals surface area contributed by atoms with Crippen LogP contribution in [0.2, 0.25) is 5.02 Å². The van der Waals surface area contributed by atoms with Gasteiger partial charge in [0.2, 0.25) is 0 Å². The largest absolute Gasteiger partial charge is 0.494 e. The molecule has 1 aliphatic heterocycles. The van der Waals surface area contributed by atoms with Gasteiger partial charge in [-0.05, 0) is 35.7 Å². The molecule has 0 aromatic heterocycles. The number of aliphatic hydroxyl groups excluding tert-OH is 4. The standard InChI is InChI=1S/C21H25ClO6/c1-2-27-16-6-4-3-5-12(16)9-14-10-13(7-8-15(14)22)21-20(26)19(25)18(24)17(11-23)28-21/h3-8,10,17-21,23-26H,2,9,11H2,1H3/t17-,18-,19+,20-,21?/m1/s1. The zero-order valence-electron chi connectivity index (χ0n) is 15.5. The topological polar surface area (TPSA) is 99.4 Å². The average molecular weight is 409 g/mol. The van der Waals surface area contributed by atoms with Crippen molar-refractivity contribution in [3.05, 3.63) is 64.2 Å². The van der Waals surface area contributed by atoms with E-state index in [4.69, 9.17) is 21.1 Å². The summed E-state index contributed by atoms with van der Waals surface area (Å²) in [4.78, 5) is 0. The van der Waals surface area contributed by atoms with E-state index in [1.165, 1.54) is 0 Å². The van der Waals surface area contributed by atoms with Gasteiger partial charge in [-0.15, -0.1) is 0 Å². The molecule has 1 saturated heterocycles. The van der Waals surface area contributed by atoms with Crippen LogP contribution in [0.15, 0.2) is 42.5 Å². The summed E-state index contributed by atoms with van der Waals surface area (Å²) in [6.45, 7) is 2.00. The van der Waals surface area contributed by atoms with Gasteiger partial charge in [0.1, 0.15) is 36.3 Å². The molecule has 152 valence electrons. The fraction of sp³-hybridized carbons (Fsp3) is 0.429. The lowest BCUT2D eigenvalue weighted by atomic mass is 9.90. The van der Waals surface area contributed by atoms with E-state index in [1.54, 1.807) is 18.2 Å². The lowest BCUT2D eigenvalue weighted by Gasteiger charge is -2.40. The van der Waals surface area contributed by atoms with Gasteiger partial charge in [0, 0.05) is 11.4 Å². The van der Waals surface area contributed by atoms with E-state index < -0.39 is 37.1 Å². The molecule has 0 aliphatic carbocycles. The van der Waals surface area contributed by atoms with Crippen LogP contribution in [-0.2, 0) is 11.2 Å². The number of benzene rings is 2. The number of rotatable bonds is 6. The van der Waals surface area contributed by atoms with E-state index in [0.717, 1.165) is 16.9 Å². The summed E-state index contributed by atoms with van der Waals surface area (Å²) in [5, 5.41) is 40.3. The first-order valence-corrected chi connectivity index (χ1v) is 9.63. The van der Waals surface area contributed by atoms with Crippen molar-refractivity contribution >= 4 is 11.6 Å². The van der Waals surface area contributed by atoms with Crippen molar-refractivity contribution < 1.29 is 29.9 Å². The Balaban J connectivity index is 1.89. The van der Waals surface area contributed by atoms with E-state index in [9.17, 15) is 20.4 Å². The van der Waals surface area contributed by atoms with Gasteiger partial charge in [0.15, 0.2) is 0 Å². The van der Waals surface area contributed by atoms with Gasteiger partial charge in [0.05, 0.1) is 13.2 Å². The third kappa shape index (κ3) is 4.33. The molecule has 0 amide bonds. The second-order valence-electron chi connectivity index (χ2n) is 6.82. The average Bonchev–Trinajstić information content (AvgIpc) is 2.70. The van der Waals surface area contributed by atoms with Crippen LogP contribution < -0.4 is 4.74 Å². The van der Waals surface area contributed by atoms with Crippen LogP contribution >= 0.6 is 11.6 Å². The maximum atomic E-state index is 10.4. The molecular weight excluding hydrogens is 384 g/mol. The normalized spacial score (nSPS) is 27.6. The van der Waals surface area contributed by atoms with Crippen LogP contribution in [0.1, 0.15) is 29.7 Å². The Morgan fingerprint density at radius 2 is 1.75 bits per heavy atom. The van der Waals surface area contributed by atoms with Crippen LogP contribution in [0.25, 0.3) is 0 Å². The Labute approximate surface area is 168 Å². The van der Waals surface area contributed by atoms with Gasteiger partial charge in [-0.3, -0.25) is 0 Å². The molecule has 1 fully saturated rings. The number of hydrogen-bond donors (Lipinski definition) is 4. The molecule has 1 unspecified atom stereocenters.